The summed E-state index contributed by atoms with van der Waals surface area (Å²) in [6.45, 7) is 0.0627. The molecule has 2 N–H and O–H groups in total. The average molecular weight is 302 g/mol. The standard InChI is InChI=1S/C15H21Cl2NO/c16-12-7-11(8-13(17)9-12)15(10-19)18-14-5-3-1-2-4-6-14/h7-9,14-15,18-19H,1-6,10H2. The van der Waals surface area contributed by atoms with Crippen LogP contribution in [0.25, 0.3) is 0 Å². The highest BCUT2D eigenvalue weighted by Gasteiger charge is 2.18. The first-order valence-electron chi connectivity index (χ1n) is 7.02. The Morgan fingerprint density at radius 1 is 1.05 bits per heavy atom. The number of hydrogen-bond donors (Lipinski definition) is 2. The first-order valence-corrected chi connectivity index (χ1v) is 7.77. The average Bonchev–Trinajstić information content (AvgIpc) is 2.63. The van der Waals surface area contributed by atoms with Gasteiger partial charge in [-0.1, -0.05) is 48.9 Å². The van der Waals surface area contributed by atoms with E-state index in [0.717, 1.165) is 5.56 Å². The van der Waals surface area contributed by atoms with Crippen LogP contribution in [0.1, 0.15) is 50.1 Å². The lowest BCUT2D eigenvalue weighted by Crippen LogP contribution is -2.34. The van der Waals surface area contributed by atoms with Crippen LogP contribution in [0.2, 0.25) is 10.0 Å². The van der Waals surface area contributed by atoms with E-state index < -0.39 is 0 Å². The summed E-state index contributed by atoms with van der Waals surface area (Å²) >= 11 is 12.1. The fraction of sp³-hybridized carbons (Fsp3) is 0.600. The number of nitrogens with one attached hydrogen (secondary N) is 1. The summed E-state index contributed by atoms with van der Waals surface area (Å²) in [6, 6.07) is 5.86. The Hall–Kier alpha value is -0.280. The Morgan fingerprint density at radius 2 is 1.63 bits per heavy atom. The van der Waals surface area contributed by atoms with E-state index in [0.29, 0.717) is 16.1 Å². The Morgan fingerprint density at radius 3 is 2.16 bits per heavy atom. The van der Waals surface area contributed by atoms with Crippen molar-refractivity contribution in [1.29, 1.82) is 0 Å². The van der Waals surface area contributed by atoms with Crippen LogP contribution in [0.15, 0.2) is 18.2 Å². The molecule has 1 saturated carbocycles. The maximum atomic E-state index is 9.61. The molecule has 0 saturated heterocycles. The van der Waals surface area contributed by atoms with Gasteiger partial charge in [0, 0.05) is 16.1 Å². The molecule has 1 fully saturated rings. The zero-order chi connectivity index (χ0) is 13.7. The summed E-state index contributed by atoms with van der Waals surface area (Å²) < 4.78 is 0. The number of aliphatic hydroxyl groups excluding tert-OH is 1. The number of hydrogen-bond acceptors (Lipinski definition) is 2. The Bertz CT molecular complexity index is 383. The molecule has 0 amide bonds. The van der Waals surface area contributed by atoms with Gasteiger partial charge in [0.15, 0.2) is 0 Å². The van der Waals surface area contributed by atoms with Gasteiger partial charge >= 0.3 is 0 Å². The minimum Gasteiger partial charge on any atom is -0.394 e. The Balaban J connectivity index is 2.05. The maximum Gasteiger partial charge on any atom is 0.0626 e. The number of halogens is 2. The summed E-state index contributed by atoms with van der Waals surface area (Å²) in [5.74, 6) is 0. The molecule has 0 radical (unpaired) electrons. The van der Waals surface area contributed by atoms with Crippen molar-refractivity contribution in [3.8, 4) is 0 Å². The van der Waals surface area contributed by atoms with Crippen molar-refractivity contribution in [1.82, 2.24) is 5.32 Å². The molecule has 19 heavy (non-hydrogen) atoms. The van der Waals surface area contributed by atoms with E-state index in [1.165, 1.54) is 38.5 Å². The minimum absolute atomic E-state index is 0.0627. The first kappa shape index (κ1) is 15.1. The fourth-order valence-electron chi connectivity index (χ4n) is 2.76. The normalized spacial score (nSPS) is 19.1. The lowest BCUT2D eigenvalue weighted by molar-refractivity contribution is 0.228. The summed E-state index contributed by atoms with van der Waals surface area (Å²) in [4.78, 5) is 0. The SMILES string of the molecule is OCC(NC1CCCCCC1)c1cc(Cl)cc(Cl)c1. The third kappa shape index (κ3) is 4.64. The van der Waals surface area contributed by atoms with E-state index in [1.807, 2.05) is 12.1 Å². The molecule has 1 aromatic rings. The van der Waals surface area contributed by atoms with Gasteiger partial charge in [-0.05, 0) is 36.6 Å². The van der Waals surface area contributed by atoms with Crippen LogP contribution in [0.3, 0.4) is 0 Å². The highest BCUT2D eigenvalue weighted by atomic mass is 35.5. The molecule has 0 spiro atoms. The minimum atomic E-state index is -0.0840. The highest BCUT2D eigenvalue weighted by Crippen LogP contribution is 2.25. The molecule has 1 aromatic carbocycles. The second kappa shape index (κ2) is 7.49. The van der Waals surface area contributed by atoms with Crippen LogP contribution in [0.5, 0.6) is 0 Å². The molecule has 1 unspecified atom stereocenters. The Labute approximate surface area is 125 Å². The van der Waals surface area contributed by atoms with Crippen LogP contribution < -0.4 is 5.32 Å². The molecule has 1 aliphatic rings. The van der Waals surface area contributed by atoms with Gasteiger partial charge in [-0.3, -0.25) is 0 Å². The lowest BCUT2D eigenvalue weighted by Gasteiger charge is -2.24. The summed E-state index contributed by atoms with van der Waals surface area (Å²) in [5, 5.41) is 14.4. The van der Waals surface area contributed by atoms with Gasteiger partial charge in [0.25, 0.3) is 0 Å². The Kier molecular flexibility index (Phi) is 5.96. The second-order valence-corrected chi connectivity index (χ2v) is 6.17. The van der Waals surface area contributed by atoms with Crippen molar-refractivity contribution < 1.29 is 5.11 Å². The molecule has 1 aliphatic carbocycles. The summed E-state index contributed by atoms with van der Waals surface area (Å²) in [5.41, 5.74) is 0.962. The lowest BCUT2D eigenvalue weighted by atomic mass is 10.0. The predicted octanol–water partition coefficient (Wildman–Crippen LogP) is 4.34. The van der Waals surface area contributed by atoms with Gasteiger partial charge < -0.3 is 10.4 Å². The van der Waals surface area contributed by atoms with Gasteiger partial charge in [0.2, 0.25) is 0 Å². The first-order chi connectivity index (χ1) is 9.19. The fourth-order valence-corrected chi connectivity index (χ4v) is 3.30. The van der Waals surface area contributed by atoms with E-state index in [4.69, 9.17) is 23.2 Å². The number of aliphatic hydroxyl groups is 1. The predicted molar refractivity (Wildman–Crippen MR) is 80.9 cm³/mol. The van der Waals surface area contributed by atoms with Crippen LogP contribution in [-0.2, 0) is 0 Å². The van der Waals surface area contributed by atoms with Crippen molar-refractivity contribution >= 4 is 23.2 Å². The quantitative estimate of drug-likeness (QED) is 0.811. The molecule has 0 heterocycles. The van der Waals surface area contributed by atoms with Crippen molar-refractivity contribution in [3.63, 3.8) is 0 Å². The van der Waals surface area contributed by atoms with Crippen molar-refractivity contribution in [2.75, 3.05) is 6.61 Å². The van der Waals surface area contributed by atoms with E-state index >= 15 is 0 Å². The van der Waals surface area contributed by atoms with Crippen molar-refractivity contribution in [3.05, 3.63) is 33.8 Å². The molecule has 2 rings (SSSR count). The molecular formula is C15H21Cl2NO. The monoisotopic (exact) mass is 301 g/mol. The number of benzene rings is 1. The third-order valence-corrected chi connectivity index (χ3v) is 4.20. The van der Waals surface area contributed by atoms with Crippen LogP contribution in [-0.4, -0.2) is 17.8 Å². The van der Waals surface area contributed by atoms with Gasteiger partial charge in [-0.15, -0.1) is 0 Å². The van der Waals surface area contributed by atoms with E-state index in [1.54, 1.807) is 6.07 Å². The molecule has 4 heteroatoms. The third-order valence-electron chi connectivity index (χ3n) is 3.76. The van der Waals surface area contributed by atoms with Gasteiger partial charge in [-0.25, -0.2) is 0 Å². The molecule has 2 nitrogen and oxygen atoms in total. The van der Waals surface area contributed by atoms with Gasteiger partial charge in [-0.2, -0.15) is 0 Å². The van der Waals surface area contributed by atoms with E-state index in [2.05, 4.69) is 5.32 Å². The molecule has 0 bridgehead atoms. The zero-order valence-corrected chi connectivity index (χ0v) is 12.6. The van der Waals surface area contributed by atoms with E-state index in [9.17, 15) is 5.11 Å². The van der Waals surface area contributed by atoms with Crippen LogP contribution >= 0.6 is 23.2 Å². The number of rotatable bonds is 4. The maximum absolute atomic E-state index is 9.61. The second-order valence-electron chi connectivity index (χ2n) is 5.29. The molecule has 106 valence electrons. The largest absolute Gasteiger partial charge is 0.394 e. The van der Waals surface area contributed by atoms with Crippen LogP contribution in [0.4, 0.5) is 0 Å². The summed E-state index contributed by atoms with van der Waals surface area (Å²) in [7, 11) is 0. The van der Waals surface area contributed by atoms with E-state index in [-0.39, 0.29) is 12.6 Å². The van der Waals surface area contributed by atoms with Crippen LogP contribution in [0, 0.1) is 0 Å². The topological polar surface area (TPSA) is 32.3 Å². The molecule has 1 atom stereocenters. The van der Waals surface area contributed by atoms with Crippen molar-refractivity contribution in [2.24, 2.45) is 0 Å². The van der Waals surface area contributed by atoms with Gasteiger partial charge in [0.05, 0.1) is 12.6 Å². The zero-order valence-electron chi connectivity index (χ0n) is 11.0. The molecule has 0 aliphatic heterocycles. The van der Waals surface area contributed by atoms with Crippen molar-refractivity contribution in [2.45, 2.75) is 50.6 Å². The van der Waals surface area contributed by atoms with Gasteiger partial charge in [0.1, 0.15) is 0 Å². The summed E-state index contributed by atoms with van der Waals surface area (Å²) in [6.07, 6.45) is 7.56. The smallest absolute Gasteiger partial charge is 0.0626 e. The molecular weight excluding hydrogens is 281 g/mol. The molecule has 0 aromatic heterocycles. The highest BCUT2D eigenvalue weighted by molar-refractivity contribution is 6.34.